The van der Waals surface area contributed by atoms with E-state index in [1.807, 2.05) is 0 Å². The molecule has 270 valence electrons. The van der Waals surface area contributed by atoms with Gasteiger partial charge in [-0.15, -0.1) is 0 Å². The van der Waals surface area contributed by atoms with E-state index in [1.54, 1.807) is 16.2 Å². The zero-order valence-electron chi connectivity index (χ0n) is 32.7. The lowest BCUT2D eigenvalue weighted by atomic mass is 9.97. The molecule has 1 aromatic rings. The molecule has 0 aliphatic carbocycles. The van der Waals surface area contributed by atoms with Crippen LogP contribution in [0.1, 0.15) is 236 Å². The van der Waals surface area contributed by atoms with Gasteiger partial charge in [0, 0.05) is 11.1 Å². The Morgan fingerprint density at radius 2 is 0.696 bits per heavy atom. The van der Waals surface area contributed by atoms with Gasteiger partial charge in [-0.2, -0.15) is 0 Å². The van der Waals surface area contributed by atoms with Gasteiger partial charge < -0.3 is 4.90 Å². The lowest BCUT2D eigenvalue weighted by Crippen LogP contribution is -3.04. The molecule has 0 bridgehead atoms. The van der Waals surface area contributed by atoms with Crippen molar-refractivity contribution in [1.82, 2.24) is 0 Å². The van der Waals surface area contributed by atoms with Crippen molar-refractivity contribution in [1.29, 1.82) is 0 Å². The van der Waals surface area contributed by atoms with Crippen LogP contribution in [0.5, 0.6) is 0 Å². The van der Waals surface area contributed by atoms with Crippen molar-refractivity contribution in [3.63, 3.8) is 0 Å². The molecule has 1 nitrogen and oxygen atoms in total. The lowest BCUT2D eigenvalue weighted by Gasteiger charge is -2.20. The first-order chi connectivity index (χ1) is 22.6. The van der Waals surface area contributed by atoms with Crippen molar-refractivity contribution in [2.75, 3.05) is 13.6 Å². The maximum atomic E-state index is 2.50. The molecule has 0 amide bonds. The van der Waals surface area contributed by atoms with Crippen molar-refractivity contribution in [3.05, 3.63) is 28.8 Å². The smallest absolute Gasteiger partial charge is 0.137 e. The van der Waals surface area contributed by atoms with Gasteiger partial charge in [0.05, 0.1) is 13.6 Å². The Bertz CT molecular complexity index is 766. The molecular weight excluding hydrogens is 555 g/mol. The average Bonchev–Trinajstić information content (AvgIpc) is 3.04. The zero-order chi connectivity index (χ0) is 33.3. The summed E-state index contributed by atoms with van der Waals surface area (Å²) in [4.78, 5) is 1.65. The summed E-state index contributed by atoms with van der Waals surface area (Å²) in [7, 11) is 2.43. The van der Waals surface area contributed by atoms with Gasteiger partial charge in [0.1, 0.15) is 5.69 Å². The minimum atomic E-state index is 1.27. The lowest BCUT2D eigenvalue weighted by molar-refractivity contribution is -0.811. The molecule has 1 aromatic carbocycles. The number of rotatable bonds is 35. The molecule has 0 spiro atoms. The van der Waals surface area contributed by atoms with E-state index in [2.05, 4.69) is 46.9 Å². The van der Waals surface area contributed by atoms with Gasteiger partial charge in [0.15, 0.2) is 0 Å². The summed E-state index contributed by atoms with van der Waals surface area (Å²) in [6, 6.07) is 4.92. The van der Waals surface area contributed by atoms with Gasteiger partial charge >= 0.3 is 0 Å². The Kier molecular flexibility index (Phi) is 30.7. The quantitative estimate of drug-likeness (QED) is 0.0704. The molecular formula is C45H86N+. The number of hydrogen-bond acceptors (Lipinski definition) is 0. The Morgan fingerprint density at radius 3 is 1.04 bits per heavy atom. The van der Waals surface area contributed by atoms with Gasteiger partial charge in [-0.3, -0.25) is 0 Å². The minimum Gasteiger partial charge on any atom is -0.304 e. The van der Waals surface area contributed by atoms with Crippen LogP contribution in [0.15, 0.2) is 12.1 Å². The Balaban J connectivity index is 2.07. The third kappa shape index (κ3) is 25.2. The van der Waals surface area contributed by atoms with E-state index in [9.17, 15) is 0 Å². The van der Waals surface area contributed by atoms with Crippen molar-refractivity contribution in [3.8, 4) is 0 Å². The topological polar surface area (TPSA) is 4.44 Å². The molecule has 0 saturated heterocycles. The maximum Gasteiger partial charge on any atom is 0.137 e. The van der Waals surface area contributed by atoms with Crippen molar-refractivity contribution in [2.45, 2.75) is 240 Å². The van der Waals surface area contributed by atoms with Crippen LogP contribution in [0.3, 0.4) is 0 Å². The molecule has 46 heavy (non-hydrogen) atoms. The molecule has 0 saturated carbocycles. The summed E-state index contributed by atoms with van der Waals surface area (Å²) >= 11 is 0. The van der Waals surface area contributed by atoms with Crippen LogP contribution in [-0.2, 0) is 6.42 Å². The molecule has 0 aliphatic heterocycles. The van der Waals surface area contributed by atoms with Gasteiger partial charge in [0.25, 0.3) is 0 Å². The second kappa shape index (κ2) is 32.7. The van der Waals surface area contributed by atoms with E-state index in [1.165, 1.54) is 230 Å². The summed E-state index contributed by atoms with van der Waals surface area (Å²) in [5, 5.41) is 0. The molecule has 0 aliphatic rings. The first kappa shape index (κ1) is 43.2. The highest BCUT2D eigenvalue weighted by Crippen LogP contribution is 2.22. The third-order valence-electron chi connectivity index (χ3n) is 10.7. The number of unbranched alkanes of at least 4 members (excludes halogenated alkanes) is 30. The summed E-state index contributed by atoms with van der Waals surface area (Å²) < 4.78 is 0. The number of benzene rings is 1. The highest BCUT2D eigenvalue weighted by atomic mass is 15.1. The van der Waals surface area contributed by atoms with Crippen LogP contribution >= 0.6 is 0 Å². The van der Waals surface area contributed by atoms with E-state index >= 15 is 0 Å². The van der Waals surface area contributed by atoms with Crippen LogP contribution in [0.4, 0.5) is 5.69 Å². The van der Waals surface area contributed by atoms with Gasteiger partial charge in [-0.1, -0.05) is 218 Å². The molecule has 1 rings (SSSR count). The molecule has 0 heterocycles. The zero-order valence-corrected chi connectivity index (χ0v) is 32.7. The van der Waals surface area contributed by atoms with E-state index in [4.69, 9.17) is 0 Å². The first-order valence-electron chi connectivity index (χ1n) is 21.5. The number of quaternary nitrogens is 1. The summed E-state index contributed by atoms with van der Waals surface area (Å²) in [6.07, 6.45) is 47.6. The first-order valence-corrected chi connectivity index (χ1v) is 21.5. The fourth-order valence-corrected chi connectivity index (χ4v) is 7.79. The summed E-state index contributed by atoms with van der Waals surface area (Å²) in [5.74, 6) is 0. The molecule has 1 N–H and O–H groups in total. The fourth-order valence-electron chi connectivity index (χ4n) is 7.79. The Labute approximate surface area is 291 Å². The van der Waals surface area contributed by atoms with Crippen molar-refractivity contribution >= 4 is 5.69 Å². The van der Waals surface area contributed by atoms with E-state index < -0.39 is 0 Å². The minimum absolute atomic E-state index is 1.27. The van der Waals surface area contributed by atoms with Gasteiger partial charge in [-0.25, -0.2) is 0 Å². The van der Waals surface area contributed by atoms with Crippen LogP contribution in [0.2, 0.25) is 0 Å². The van der Waals surface area contributed by atoms with E-state index in [0.717, 1.165) is 0 Å². The average molecular weight is 641 g/mol. The Hall–Kier alpha value is -0.820. The highest BCUT2D eigenvalue weighted by Gasteiger charge is 2.16. The standard InChI is InChI=1S/C45H85N/c1-6-8-10-12-14-16-18-20-22-24-26-28-30-32-34-36-38-44-41-42(3)40-43(4)45(44)46(5)39-37-35-33-31-29-27-25-23-21-19-17-15-13-11-9-7-2/h40-41H,6-39H2,1-5H3/p+1. The molecule has 1 atom stereocenters. The SMILES string of the molecule is CCCCCCCCCCCCCCCCCCc1cc(C)cc(C)c1[NH+](C)CCCCCCCCCCCCCCCCCC. The Morgan fingerprint density at radius 1 is 0.391 bits per heavy atom. The normalized spacial score (nSPS) is 12.3. The largest absolute Gasteiger partial charge is 0.304 e. The second-order valence-electron chi connectivity index (χ2n) is 15.5. The molecule has 0 aromatic heterocycles. The third-order valence-corrected chi connectivity index (χ3v) is 10.7. The van der Waals surface area contributed by atoms with E-state index in [-0.39, 0.29) is 0 Å². The van der Waals surface area contributed by atoms with Crippen molar-refractivity contribution in [2.24, 2.45) is 0 Å². The van der Waals surface area contributed by atoms with Gasteiger partial charge in [-0.05, 0) is 39.5 Å². The molecule has 1 unspecified atom stereocenters. The van der Waals surface area contributed by atoms with Crippen molar-refractivity contribution < 1.29 is 4.90 Å². The van der Waals surface area contributed by atoms with Crippen LogP contribution in [-0.4, -0.2) is 13.6 Å². The second-order valence-corrected chi connectivity index (χ2v) is 15.5. The number of aryl methyl sites for hydroxylation is 3. The van der Waals surface area contributed by atoms with E-state index in [0.29, 0.717) is 0 Å². The maximum absolute atomic E-state index is 2.50. The predicted molar refractivity (Wildman–Crippen MR) is 210 cm³/mol. The monoisotopic (exact) mass is 641 g/mol. The fraction of sp³-hybridized carbons (Fsp3) is 0.867. The molecule has 1 heteroatoms. The number of nitrogens with one attached hydrogen (secondary N) is 1. The van der Waals surface area contributed by atoms with Crippen LogP contribution in [0.25, 0.3) is 0 Å². The summed E-state index contributed by atoms with van der Waals surface area (Å²) in [5.41, 5.74) is 6.22. The van der Waals surface area contributed by atoms with Crippen LogP contribution < -0.4 is 4.90 Å². The predicted octanol–water partition coefficient (Wildman–Crippen LogP) is 14.5. The highest BCUT2D eigenvalue weighted by molar-refractivity contribution is 5.49. The summed E-state index contributed by atoms with van der Waals surface area (Å²) in [6.45, 7) is 10.6. The molecule has 0 radical (unpaired) electrons. The number of hydrogen-bond donors (Lipinski definition) is 1. The van der Waals surface area contributed by atoms with Gasteiger partial charge in [0.2, 0.25) is 0 Å². The van der Waals surface area contributed by atoms with Crippen LogP contribution in [0, 0.1) is 13.8 Å². The molecule has 0 fully saturated rings.